The number of amides is 1. The minimum absolute atomic E-state index is 0.0128. The van der Waals surface area contributed by atoms with E-state index in [1.54, 1.807) is 6.08 Å². The zero-order chi connectivity index (χ0) is 17.3. The number of rotatable bonds is 4. The van der Waals surface area contributed by atoms with Gasteiger partial charge in [0.1, 0.15) is 0 Å². The Kier molecular flexibility index (Phi) is 4.77. The van der Waals surface area contributed by atoms with Crippen molar-refractivity contribution in [2.75, 3.05) is 6.54 Å². The Labute approximate surface area is 136 Å². The van der Waals surface area contributed by atoms with Crippen LogP contribution >= 0.6 is 0 Å². The monoisotopic (exact) mass is 319 g/mol. The molecule has 124 valence electrons. The molecule has 2 heterocycles. The number of aromatic nitrogens is 2. The quantitative estimate of drug-likeness (QED) is 0.813. The van der Waals surface area contributed by atoms with Crippen molar-refractivity contribution in [3.63, 3.8) is 0 Å². The van der Waals surface area contributed by atoms with Gasteiger partial charge in [0.05, 0.1) is 23.6 Å². The van der Waals surface area contributed by atoms with Gasteiger partial charge in [0.2, 0.25) is 5.91 Å². The Bertz CT molecular complexity index is 598. The highest BCUT2D eigenvalue weighted by atomic mass is 16.7. The molecule has 1 amide bonds. The van der Waals surface area contributed by atoms with Crippen LogP contribution in [0.25, 0.3) is 6.08 Å². The van der Waals surface area contributed by atoms with E-state index in [9.17, 15) is 9.90 Å². The van der Waals surface area contributed by atoms with E-state index >= 15 is 0 Å². The summed E-state index contributed by atoms with van der Waals surface area (Å²) in [6, 6.07) is 0. The van der Waals surface area contributed by atoms with Crippen molar-refractivity contribution < 1.29 is 19.2 Å². The molecule has 0 atom stereocenters. The number of carbonyl (C=O) groups excluding carboxylic acids is 1. The summed E-state index contributed by atoms with van der Waals surface area (Å²) in [5.74, 6) is 0.234. The van der Waals surface area contributed by atoms with E-state index < -0.39 is 18.3 Å². The second-order valence-corrected chi connectivity index (χ2v) is 6.52. The molecule has 2 N–H and O–H groups in total. The lowest BCUT2D eigenvalue weighted by atomic mass is 9.77. The first-order valence-corrected chi connectivity index (χ1v) is 7.42. The summed E-state index contributed by atoms with van der Waals surface area (Å²) in [5, 5.41) is 12.0. The third-order valence-electron chi connectivity index (χ3n) is 4.07. The molecule has 1 saturated heterocycles. The molecule has 1 fully saturated rings. The van der Waals surface area contributed by atoms with E-state index in [4.69, 9.17) is 9.31 Å². The van der Waals surface area contributed by atoms with E-state index in [-0.39, 0.29) is 18.2 Å². The first-order chi connectivity index (χ1) is 10.6. The molecule has 8 heteroatoms. The highest BCUT2D eigenvalue weighted by Gasteiger charge is 2.52. The molecule has 1 aromatic rings. The van der Waals surface area contributed by atoms with Crippen LogP contribution in [0.5, 0.6) is 5.75 Å². The molecule has 0 radical (unpaired) electrons. The van der Waals surface area contributed by atoms with E-state index in [1.165, 1.54) is 19.3 Å². The summed E-state index contributed by atoms with van der Waals surface area (Å²) >= 11 is 0. The van der Waals surface area contributed by atoms with Crippen molar-refractivity contribution in [3.8, 4) is 5.75 Å². The molecule has 23 heavy (non-hydrogen) atoms. The second kappa shape index (κ2) is 6.29. The van der Waals surface area contributed by atoms with Crippen LogP contribution in [0.3, 0.4) is 0 Å². The maximum absolute atomic E-state index is 11.2. The molecule has 0 aromatic carbocycles. The average Bonchev–Trinajstić information content (AvgIpc) is 2.65. The number of nitrogens with zero attached hydrogens (tertiary/aromatic N) is 2. The minimum atomic E-state index is -0.607. The molecule has 1 aliphatic rings. The summed E-state index contributed by atoms with van der Waals surface area (Å²) in [5.41, 5.74) is -0.268. The maximum Gasteiger partial charge on any atom is 0.492 e. The summed E-state index contributed by atoms with van der Waals surface area (Å²) in [6.07, 6.45) is 4.30. The van der Waals surface area contributed by atoms with Crippen molar-refractivity contribution >= 4 is 19.1 Å². The Morgan fingerprint density at radius 3 is 2.26 bits per heavy atom. The number of hydrogen-bond donors (Lipinski definition) is 2. The third kappa shape index (κ3) is 4.08. The third-order valence-corrected chi connectivity index (χ3v) is 4.07. The number of hydrogen-bond acceptors (Lipinski definition) is 6. The second-order valence-electron chi connectivity index (χ2n) is 6.52. The number of nitrogens with one attached hydrogen (secondary N) is 1. The fourth-order valence-corrected chi connectivity index (χ4v) is 1.99. The molecule has 0 unspecified atom stereocenters. The van der Waals surface area contributed by atoms with Crippen molar-refractivity contribution in [1.82, 2.24) is 15.3 Å². The predicted molar refractivity (Wildman–Crippen MR) is 86.4 cm³/mol. The lowest BCUT2D eigenvalue weighted by Gasteiger charge is -2.32. The van der Waals surface area contributed by atoms with Crippen LogP contribution in [-0.4, -0.2) is 45.8 Å². The van der Waals surface area contributed by atoms with Gasteiger partial charge in [-0.25, -0.2) is 9.97 Å². The van der Waals surface area contributed by atoms with Crippen LogP contribution in [0.2, 0.25) is 0 Å². The zero-order valence-electron chi connectivity index (χ0n) is 14.1. The van der Waals surface area contributed by atoms with E-state index in [2.05, 4.69) is 15.3 Å². The van der Waals surface area contributed by atoms with E-state index in [0.717, 1.165) is 0 Å². The Hall–Kier alpha value is -1.93. The smallest absolute Gasteiger partial charge is 0.492 e. The highest BCUT2D eigenvalue weighted by Crippen LogP contribution is 2.38. The van der Waals surface area contributed by atoms with Gasteiger partial charge in [0.25, 0.3) is 0 Å². The molecular formula is C15H22BN3O4. The molecule has 1 aliphatic heterocycles. The Morgan fingerprint density at radius 1 is 1.26 bits per heavy atom. The average molecular weight is 319 g/mol. The maximum atomic E-state index is 11.2. The van der Waals surface area contributed by atoms with Gasteiger partial charge in [-0.2, -0.15) is 0 Å². The molecule has 0 saturated carbocycles. The van der Waals surface area contributed by atoms with Crippen molar-refractivity contribution in [3.05, 3.63) is 23.7 Å². The van der Waals surface area contributed by atoms with Crippen LogP contribution in [0.15, 0.2) is 17.9 Å². The van der Waals surface area contributed by atoms with Gasteiger partial charge in [-0.3, -0.25) is 4.79 Å². The highest BCUT2D eigenvalue weighted by molar-refractivity contribution is 6.55. The lowest BCUT2D eigenvalue weighted by molar-refractivity contribution is -0.118. The molecule has 0 aliphatic carbocycles. The van der Waals surface area contributed by atoms with Crippen LogP contribution in [-0.2, 0) is 14.1 Å². The summed E-state index contributed by atoms with van der Waals surface area (Å²) in [4.78, 5) is 19.3. The fourth-order valence-electron chi connectivity index (χ4n) is 1.99. The van der Waals surface area contributed by atoms with Gasteiger partial charge in [-0.05, 0) is 39.2 Å². The Morgan fingerprint density at radius 2 is 1.78 bits per heavy atom. The largest absolute Gasteiger partial charge is 0.505 e. The van der Waals surface area contributed by atoms with Gasteiger partial charge in [-0.1, -0.05) is 0 Å². The molecule has 0 bridgehead atoms. The van der Waals surface area contributed by atoms with Gasteiger partial charge in [0, 0.05) is 13.5 Å². The van der Waals surface area contributed by atoms with Crippen LogP contribution in [0, 0.1) is 0 Å². The number of aromatic hydroxyl groups is 1. The molecular weight excluding hydrogens is 297 g/mol. The first kappa shape index (κ1) is 17.4. The standard InChI is InChI=1S/C15H22BN3O4/c1-10(20)17-7-11(6-13-18-8-12(21)9-19-13)16-22-14(2,3)15(4,5)23-16/h6,8-9,21H,7H2,1-5H3,(H,17,20). The van der Waals surface area contributed by atoms with E-state index in [0.29, 0.717) is 11.3 Å². The minimum Gasteiger partial charge on any atom is -0.505 e. The fraction of sp³-hybridized carbons (Fsp3) is 0.533. The Balaban J connectivity index is 2.28. The zero-order valence-corrected chi connectivity index (χ0v) is 14.1. The van der Waals surface area contributed by atoms with Gasteiger partial charge >= 0.3 is 7.12 Å². The summed E-state index contributed by atoms with van der Waals surface area (Å²) in [7, 11) is -0.607. The van der Waals surface area contributed by atoms with Crippen molar-refractivity contribution in [1.29, 1.82) is 0 Å². The lowest BCUT2D eigenvalue weighted by Crippen LogP contribution is -2.41. The summed E-state index contributed by atoms with van der Waals surface area (Å²) in [6.45, 7) is 9.54. The molecule has 2 rings (SSSR count). The number of carbonyl (C=O) groups is 1. The molecule has 0 spiro atoms. The normalized spacial score (nSPS) is 19.7. The van der Waals surface area contributed by atoms with E-state index in [1.807, 2.05) is 27.7 Å². The van der Waals surface area contributed by atoms with Crippen LogP contribution in [0.4, 0.5) is 0 Å². The predicted octanol–water partition coefficient (Wildman–Crippen LogP) is 1.33. The topological polar surface area (TPSA) is 93.6 Å². The van der Waals surface area contributed by atoms with Crippen molar-refractivity contribution in [2.45, 2.75) is 45.8 Å². The molecule has 7 nitrogen and oxygen atoms in total. The summed E-state index contributed by atoms with van der Waals surface area (Å²) < 4.78 is 12.0. The van der Waals surface area contributed by atoms with Crippen molar-refractivity contribution in [2.24, 2.45) is 0 Å². The van der Waals surface area contributed by atoms with Gasteiger partial charge < -0.3 is 19.7 Å². The molecule has 1 aromatic heterocycles. The van der Waals surface area contributed by atoms with Gasteiger partial charge in [-0.15, -0.1) is 0 Å². The van der Waals surface area contributed by atoms with Crippen LogP contribution < -0.4 is 5.32 Å². The van der Waals surface area contributed by atoms with Crippen LogP contribution in [0.1, 0.15) is 40.4 Å². The SMILES string of the molecule is CC(=O)NCC(=Cc1ncc(O)cn1)B1OC(C)(C)C(C)(C)O1. The van der Waals surface area contributed by atoms with Gasteiger partial charge in [0.15, 0.2) is 11.6 Å². The first-order valence-electron chi connectivity index (χ1n) is 7.42.